The molecule has 0 radical (unpaired) electrons. The van der Waals surface area contributed by atoms with E-state index in [1.807, 2.05) is 6.07 Å². The highest BCUT2D eigenvalue weighted by molar-refractivity contribution is 5.74. The first kappa shape index (κ1) is 12.2. The number of benzene rings is 1. The van der Waals surface area contributed by atoms with E-state index in [1.54, 1.807) is 0 Å². The van der Waals surface area contributed by atoms with Crippen LogP contribution in [0.25, 0.3) is 11.0 Å². The van der Waals surface area contributed by atoms with Gasteiger partial charge in [0.05, 0.1) is 11.0 Å². The summed E-state index contributed by atoms with van der Waals surface area (Å²) in [6.45, 7) is 4.50. The van der Waals surface area contributed by atoms with E-state index < -0.39 is 0 Å². The van der Waals surface area contributed by atoms with E-state index in [2.05, 4.69) is 37.0 Å². The SMILES string of the molecule is CCCCC(CCC)c1nc2ccccc2[nH]1. The summed E-state index contributed by atoms with van der Waals surface area (Å²) in [7, 11) is 0. The second-order valence-electron chi connectivity index (χ2n) is 4.77. The second kappa shape index (κ2) is 5.85. The highest BCUT2D eigenvalue weighted by atomic mass is 14.9. The van der Waals surface area contributed by atoms with Crippen molar-refractivity contribution in [1.29, 1.82) is 0 Å². The number of hydrogen-bond donors (Lipinski definition) is 1. The Bertz CT molecular complexity index is 426. The molecule has 1 aromatic heterocycles. The van der Waals surface area contributed by atoms with Crippen LogP contribution in [0.1, 0.15) is 57.7 Å². The van der Waals surface area contributed by atoms with Gasteiger partial charge in [-0.15, -0.1) is 0 Å². The molecule has 1 unspecified atom stereocenters. The quantitative estimate of drug-likeness (QED) is 0.769. The zero-order valence-electron chi connectivity index (χ0n) is 10.9. The standard InChI is InChI=1S/C15H22N2/c1-3-5-9-12(8-4-2)15-16-13-10-6-7-11-14(13)17-15/h6-7,10-12H,3-5,8-9H2,1-2H3,(H,16,17). The van der Waals surface area contributed by atoms with Crippen LogP contribution in [0.4, 0.5) is 0 Å². The smallest absolute Gasteiger partial charge is 0.110 e. The highest BCUT2D eigenvalue weighted by Crippen LogP contribution is 2.26. The number of rotatable bonds is 6. The third-order valence-corrected chi connectivity index (χ3v) is 3.34. The van der Waals surface area contributed by atoms with Gasteiger partial charge in [-0.2, -0.15) is 0 Å². The van der Waals surface area contributed by atoms with Crippen molar-refractivity contribution in [1.82, 2.24) is 9.97 Å². The third-order valence-electron chi connectivity index (χ3n) is 3.34. The Hall–Kier alpha value is -1.31. The maximum absolute atomic E-state index is 4.73. The summed E-state index contributed by atoms with van der Waals surface area (Å²) in [6, 6.07) is 8.30. The molecule has 2 nitrogen and oxygen atoms in total. The average Bonchev–Trinajstić information content (AvgIpc) is 2.78. The van der Waals surface area contributed by atoms with Crippen LogP contribution in [0, 0.1) is 0 Å². The number of nitrogens with zero attached hydrogens (tertiary/aromatic N) is 1. The summed E-state index contributed by atoms with van der Waals surface area (Å²) >= 11 is 0. The Morgan fingerprint density at radius 3 is 2.65 bits per heavy atom. The summed E-state index contributed by atoms with van der Waals surface area (Å²) in [5, 5.41) is 0. The van der Waals surface area contributed by atoms with Gasteiger partial charge in [0.25, 0.3) is 0 Å². The van der Waals surface area contributed by atoms with Crippen molar-refractivity contribution in [2.75, 3.05) is 0 Å². The molecule has 0 fully saturated rings. The molecule has 2 rings (SSSR count). The minimum Gasteiger partial charge on any atom is -0.342 e. The molecule has 0 aliphatic rings. The topological polar surface area (TPSA) is 28.7 Å². The second-order valence-corrected chi connectivity index (χ2v) is 4.77. The Kier molecular flexibility index (Phi) is 4.18. The van der Waals surface area contributed by atoms with Crippen molar-refractivity contribution < 1.29 is 0 Å². The fourth-order valence-corrected chi connectivity index (χ4v) is 2.38. The van der Waals surface area contributed by atoms with E-state index >= 15 is 0 Å². The molecule has 0 spiro atoms. The minimum atomic E-state index is 0.604. The van der Waals surface area contributed by atoms with Crippen LogP contribution in [0.5, 0.6) is 0 Å². The summed E-state index contributed by atoms with van der Waals surface area (Å²) in [4.78, 5) is 8.21. The molecule has 1 aromatic carbocycles. The number of nitrogens with one attached hydrogen (secondary N) is 1. The molecule has 0 saturated carbocycles. The van der Waals surface area contributed by atoms with Crippen molar-refractivity contribution in [2.45, 2.75) is 51.9 Å². The normalized spacial score (nSPS) is 13.1. The number of unbranched alkanes of at least 4 members (excludes halogenated alkanes) is 1. The summed E-state index contributed by atoms with van der Waals surface area (Å²) in [6.07, 6.45) is 6.28. The highest BCUT2D eigenvalue weighted by Gasteiger charge is 2.14. The average molecular weight is 230 g/mol. The Balaban J connectivity index is 2.21. The number of hydrogen-bond acceptors (Lipinski definition) is 1. The zero-order chi connectivity index (χ0) is 12.1. The molecule has 2 aromatic rings. The molecule has 0 bridgehead atoms. The van der Waals surface area contributed by atoms with Gasteiger partial charge in [0.1, 0.15) is 5.82 Å². The maximum Gasteiger partial charge on any atom is 0.110 e. The number of aromatic nitrogens is 2. The molecule has 0 amide bonds. The van der Waals surface area contributed by atoms with E-state index in [4.69, 9.17) is 4.98 Å². The molecular formula is C15H22N2. The monoisotopic (exact) mass is 230 g/mol. The van der Waals surface area contributed by atoms with Gasteiger partial charge in [-0.25, -0.2) is 4.98 Å². The molecule has 0 aliphatic heterocycles. The first-order chi connectivity index (χ1) is 8.35. The molecule has 1 N–H and O–H groups in total. The van der Waals surface area contributed by atoms with Gasteiger partial charge in [-0.05, 0) is 25.0 Å². The lowest BCUT2D eigenvalue weighted by Crippen LogP contribution is -2.01. The summed E-state index contributed by atoms with van der Waals surface area (Å²) < 4.78 is 0. The number of imidazole rings is 1. The Morgan fingerprint density at radius 2 is 1.94 bits per heavy atom. The van der Waals surface area contributed by atoms with Crippen molar-refractivity contribution in [3.8, 4) is 0 Å². The summed E-state index contributed by atoms with van der Waals surface area (Å²) in [5.74, 6) is 1.79. The molecule has 92 valence electrons. The van der Waals surface area contributed by atoms with Gasteiger partial charge >= 0.3 is 0 Å². The van der Waals surface area contributed by atoms with Crippen LogP contribution in [0.3, 0.4) is 0 Å². The molecule has 1 atom stereocenters. The van der Waals surface area contributed by atoms with Gasteiger partial charge in [-0.3, -0.25) is 0 Å². The predicted molar refractivity (Wildman–Crippen MR) is 73.3 cm³/mol. The van der Waals surface area contributed by atoms with Gasteiger partial charge < -0.3 is 4.98 Å². The molecule has 0 aliphatic carbocycles. The maximum atomic E-state index is 4.73. The van der Waals surface area contributed by atoms with Gasteiger partial charge in [0, 0.05) is 5.92 Å². The van der Waals surface area contributed by atoms with Crippen LogP contribution in [0.15, 0.2) is 24.3 Å². The summed E-state index contributed by atoms with van der Waals surface area (Å²) in [5.41, 5.74) is 2.26. The first-order valence-corrected chi connectivity index (χ1v) is 6.79. The fourth-order valence-electron chi connectivity index (χ4n) is 2.38. The Morgan fingerprint density at radius 1 is 1.12 bits per heavy atom. The van der Waals surface area contributed by atoms with Crippen LogP contribution < -0.4 is 0 Å². The van der Waals surface area contributed by atoms with E-state index in [-0.39, 0.29) is 0 Å². The lowest BCUT2D eigenvalue weighted by molar-refractivity contribution is 0.522. The van der Waals surface area contributed by atoms with Gasteiger partial charge in [0.15, 0.2) is 0 Å². The number of fused-ring (bicyclic) bond motifs is 1. The van der Waals surface area contributed by atoms with Crippen LogP contribution in [0.2, 0.25) is 0 Å². The van der Waals surface area contributed by atoms with Crippen LogP contribution in [-0.4, -0.2) is 9.97 Å². The number of para-hydroxylation sites is 2. The molecular weight excluding hydrogens is 208 g/mol. The van der Waals surface area contributed by atoms with Crippen LogP contribution >= 0.6 is 0 Å². The number of aromatic amines is 1. The number of H-pyrrole nitrogens is 1. The lowest BCUT2D eigenvalue weighted by Gasteiger charge is -2.12. The van der Waals surface area contributed by atoms with Gasteiger partial charge in [0.2, 0.25) is 0 Å². The zero-order valence-corrected chi connectivity index (χ0v) is 10.9. The van der Waals surface area contributed by atoms with Crippen LogP contribution in [-0.2, 0) is 0 Å². The van der Waals surface area contributed by atoms with Crippen molar-refractivity contribution in [3.05, 3.63) is 30.1 Å². The van der Waals surface area contributed by atoms with Gasteiger partial charge in [-0.1, -0.05) is 45.2 Å². The first-order valence-electron chi connectivity index (χ1n) is 6.79. The Labute approximate surface area is 103 Å². The molecule has 17 heavy (non-hydrogen) atoms. The van der Waals surface area contributed by atoms with Crippen molar-refractivity contribution in [2.24, 2.45) is 0 Å². The van der Waals surface area contributed by atoms with E-state index in [9.17, 15) is 0 Å². The molecule has 2 heteroatoms. The fraction of sp³-hybridized carbons (Fsp3) is 0.533. The minimum absolute atomic E-state index is 0.604. The van der Waals surface area contributed by atoms with E-state index in [0.717, 1.165) is 5.52 Å². The molecule has 1 heterocycles. The lowest BCUT2D eigenvalue weighted by atomic mass is 9.96. The van der Waals surface area contributed by atoms with Crippen molar-refractivity contribution in [3.63, 3.8) is 0 Å². The van der Waals surface area contributed by atoms with E-state index in [0.29, 0.717) is 5.92 Å². The van der Waals surface area contributed by atoms with Crippen molar-refractivity contribution >= 4 is 11.0 Å². The van der Waals surface area contributed by atoms with E-state index in [1.165, 1.54) is 43.4 Å². The largest absolute Gasteiger partial charge is 0.342 e. The third kappa shape index (κ3) is 2.87. The molecule has 0 saturated heterocycles. The predicted octanol–water partition coefficient (Wildman–Crippen LogP) is 4.64.